The topological polar surface area (TPSA) is 75.2 Å². The summed E-state index contributed by atoms with van der Waals surface area (Å²) in [6.45, 7) is 6.30. The summed E-state index contributed by atoms with van der Waals surface area (Å²) >= 11 is 6.35. The highest BCUT2D eigenvalue weighted by Crippen LogP contribution is 2.30. The largest absolute Gasteiger partial charge is 0.494 e. The second kappa shape index (κ2) is 13.7. The third-order valence-electron chi connectivity index (χ3n) is 5.64. The zero-order chi connectivity index (χ0) is 24.3. The minimum atomic E-state index is 0.452. The predicted octanol–water partition coefficient (Wildman–Crippen LogP) is 3.87. The van der Waals surface area contributed by atoms with E-state index in [0.29, 0.717) is 70.2 Å². The maximum absolute atomic E-state index is 6.35. The first-order valence-electron chi connectivity index (χ1n) is 11.8. The van der Waals surface area contributed by atoms with E-state index in [9.17, 15) is 0 Å². The monoisotopic (exact) mass is 501 g/mol. The number of ether oxygens (including phenoxy) is 5. The van der Waals surface area contributed by atoms with Crippen molar-refractivity contribution in [3.63, 3.8) is 0 Å². The van der Waals surface area contributed by atoms with Gasteiger partial charge in [-0.2, -0.15) is 0 Å². The molecule has 0 amide bonds. The van der Waals surface area contributed by atoms with Crippen LogP contribution in [0.15, 0.2) is 42.5 Å². The standard InChI is InChI=1S/C26H32ClN3O5/c1-31-25-8-7-24(27)23-6-5-20(29-26(23)25)17-30-9-11-32-13-15-34-18-21-3-2-4-22(28-21)19-35-16-14-33-12-10-30/h2-8H,9-19H2,1H3. The molecule has 35 heavy (non-hydrogen) atoms. The van der Waals surface area contributed by atoms with Crippen LogP contribution in [0.25, 0.3) is 10.9 Å². The lowest BCUT2D eigenvalue weighted by molar-refractivity contribution is 0.0147. The number of hydrogen-bond donors (Lipinski definition) is 0. The van der Waals surface area contributed by atoms with Crippen molar-refractivity contribution in [2.75, 3.05) is 59.8 Å². The summed E-state index contributed by atoms with van der Waals surface area (Å²) < 4.78 is 28.6. The third-order valence-corrected chi connectivity index (χ3v) is 5.97. The first-order valence-corrected chi connectivity index (χ1v) is 12.2. The molecule has 0 aliphatic carbocycles. The molecule has 0 saturated heterocycles. The highest BCUT2D eigenvalue weighted by molar-refractivity contribution is 6.35. The molecule has 0 fully saturated rings. The zero-order valence-corrected chi connectivity index (χ0v) is 20.8. The minimum Gasteiger partial charge on any atom is -0.494 e. The van der Waals surface area contributed by atoms with E-state index < -0.39 is 0 Å². The molecule has 2 aromatic heterocycles. The number of pyridine rings is 2. The molecule has 0 unspecified atom stereocenters. The third kappa shape index (κ3) is 7.83. The van der Waals surface area contributed by atoms with E-state index in [-0.39, 0.29) is 0 Å². The molecular formula is C26H32ClN3O5. The van der Waals surface area contributed by atoms with E-state index >= 15 is 0 Å². The molecule has 0 atom stereocenters. The zero-order valence-electron chi connectivity index (χ0n) is 20.1. The molecule has 0 N–H and O–H groups in total. The van der Waals surface area contributed by atoms with Crippen LogP contribution in [0.2, 0.25) is 5.02 Å². The van der Waals surface area contributed by atoms with Gasteiger partial charge in [0.15, 0.2) is 0 Å². The normalized spacial score (nSPS) is 17.5. The van der Waals surface area contributed by atoms with Crippen LogP contribution in [-0.4, -0.2) is 74.7 Å². The summed E-state index contributed by atoms with van der Waals surface area (Å²) in [4.78, 5) is 11.7. The molecule has 188 valence electrons. The van der Waals surface area contributed by atoms with Gasteiger partial charge in [0.1, 0.15) is 11.3 Å². The van der Waals surface area contributed by atoms with Crippen LogP contribution < -0.4 is 4.74 Å². The maximum Gasteiger partial charge on any atom is 0.145 e. The summed E-state index contributed by atoms with van der Waals surface area (Å²) in [7, 11) is 1.64. The van der Waals surface area contributed by atoms with Gasteiger partial charge in [0.05, 0.1) is 82.1 Å². The Hall–Kier alpha value is -2.33. The molecule has 8 nitrogen and oxygen atoms in total. The van der Waals surface area contributed by atoms with Gasteiger partial charge in [-0.1, -0.05) is 17.7 Å². The molecular weight excluding hydrogens is 470 g/mol. The van der Waals surface area contributed by atoms with Crippen molar-refractivity contribution >= 4 is 22.5 Å². The van der Waals surface area contributed by atoms with Crippen molar-refractivity contribution in [2.24, 2.45) is 0 Å². The Morgan fingerprint density at radius 2 is 1.46 bits per heavy atom. The van der Waals surface area contributed by atoms with Gasteiger partial charge in [-0.05, 0) is 36.4 Å². The second-order valence-corrected chi connectivity index (χ2v) is 8.58. The lowest BCUT2D eigenvalue weighted by Gasteiger charge is -2.22. The van der Waals surface area contributed by atoms with Gasteiger partial charge in [0, 0.05) is 25.0 Å². The number of hydrogen-bond acceptors (Lipinski definition) is 8. The molecule has 9 heteroatoms. The van der Waals surface area contributed by atoms with Crippen molar-refractivity contribution in [1.29, 1.82) is 0 Å². The van der Waals surface area contributed by atoms with E-state index in [1.807, 2.05) is 42.5 Å². The van der Waals surface area contributed by atoms with Crippen LogP contribution >= 0.6 is 11.6 Å². The van der Waals surface area contributed by atoms with Crippen molar-refractivity contribution in [1.82, 2.24) is 14.9 Å². The van der Waals surface area contributed by atoms with Gasteiger partial charge in [-0.15, -0.1) is 0 Å². The molecule has 1 aromatic carbocycles. The van der Waals surface area contributed by atoms with E-state index in [0.717, 1.165) is 41.1 Å². The summed E-state index contributed by atoms with van der Waals surface area (Å²) in [5.74, 6) is 0.707. The van der Waals surface area contributed by atoms with Crippen molar-refractivity contribution in [3.8, 4) is 5.75 Å². The number of methoxy groups -OCH3 is 1. The Labute approximate surface area is 211 Å². The first-order chi connectivity index (χ1) is 17.2. The number of aromatic nitrogens is 2. The van der Waals surface area contributed by atoms with Crippen molar-refractivity contribution in [2.45, 2.75) is 19.8 Å². The van der Waals surface area contributed by atoms with Gasteiger partial charge < -0.3 is 23.7 Å². The summed E-state index contributed by atoms with van der Waals surface area (Å²) in [5.41, 5.74) is 3.46. The Bertz CT molecular complexity index is 1050. The fourth-order valence-electron chi connectivity index (χ4n) is 3.82. The van der Waals surface area contributed by atoms with Crippen LogP contribution in [0.3, 0.4) is 0 Å². The molecule has 3 heterocycles. The maximum atomic E-state index is 6.35. The number of nitrogens with zero attached hydrogens (tertiary/aromatic N) is 3. The Morgan fingerprint density at radius 3 is 2.11 bits per heavy atom. The average molecular weight is 502 g/mol. The van der Waals surface area contributed by atoms with Crippen molar-refractivity contribution < 1.29 is 23.7 Å². The number of halogens is 1. The predicted molar refractivity (Wildman–Crippen MR) is 134 cm³/mol. The molecule has 0 saturated carbocycles. The van der Waals surface area contributed by atoms with Gasteiger partial charge in [-0.3, -0.25) is 9.88 Å². The van der Waals surface area contributed by atoms with Crippen LogP contribution in [-0.2, 0) is 38.7 Å². The Kier molecular flexibility index (Phi) is 10.1. The highest BCUT2D eigenvalue weighted by Gasteiger charge is 2.12. The number of rotatable bonds is 3. The molecule has 4 rings (SSSR count). The molecule has 1 aliphatic heterocycles. The smallest absolute Gasteiger partial charge is 0.145 e. The molecule has 3 aromatic rings. The van der Waals surface area contributed by atoms with E-state index in [4.69, 9.17) is 40.3 Å². The Morgan fingerprint density at radius 1 is 0.800 bits per heavy atom. The van der Waals surface area contributed by atoms with Crippen molar-refractivity contribution in [3.05, 3.63) is 64.6 Å². The molecule has 0 spiro atoms. The number of fused-ring (bicyclic) bond motifs is 3. The fraction of sp³-hybridized carbons (Fsp3) is 0.462. The lowest BCUT2D eigenvalue weighted by atomic mass is 10.2. The number of benzene rings is 1. The van der Waals surface area contributed by atoms with Crippen LogP contribution in [0.4, 0.5) is 0 Å². The van der Waals surface area contributed by atoms with Crippen LogP contribution in [0, 0.1) is 0 Å². The van der Waals surface area contributed by atoms with Gasteiger partial charge in [0.25, 0.3) is 0 Å². The van der Waals surface area contributed by atoms with Crippen LogP contribution in [0.1, 0.15) is 17.1 Å². The molecule has 0 radical (unpaired) electrons. The summed E-state index contributed by atoms with van der Waals surface area (Å²) in [6, 6.07) is 13.6. The fourth-order valence-corrected chi connectivity index (χ4v) is 4.04. The van der Waals surface area contributed by atoms with Crippen LogP contribution in [0.5, 0.6) is 5.75 Å². The first kappa shape index (κ1) is 25.8. The Balaban J connectivity index is 1.37. The minimum absolute atomic E-state index is 0.452. The SMILES string of the molecule is COc1ccc(Cl)c2ccc(CN3CCOCCOCc4cccc(n4)COCCOCC3)nc12. The van der Waals surface area contributed by atoms with Gasteiger partial charge in [0.2, 0.25) is 0 Å². The summed E-state index contributed by atoms with van der Waals surface area (Å²) in [6.07, 6.45) is 0. The van der Waals surface area contributed by atoms with E-state index in [2.05, 4.69) is 9.88 Å². The van der Waals surface area contributed by atoms with E-state index in [1.54, 1.807) is 7.11 Å². The van der Waals surface area contributed by atoms with Gasteiger partial charge >= 0.3 is 0 Å². The van der Waals surface area contributed by atoms with Gasteiger partial charge in [-0.25, -0.2) is 4.98 Å². The highest BCUT2D eigenvalue weighted by atomic mass is 35.5. The summed E-state index contributed by atoms with van der Waals surface area (Å²) in [5, 5.41) is 1.54. The molecule has 2 bridgehead atoms. The lowest BCUT2D eigenvalue weighted by Crippen LogP contribution is -2.31. The van der Waals surface area contributed by atoms with E-state index in [1.165, 1.54) is 0 Å². The molecule has 1 aliphatic rings. The average Bonchev–Trinajstić information content (AvgIpc) is 2.87. The quantitative estimate of drug-likeness (QED) is 0.535. The second-order valence-electron chi connectivity index (χ2n) is 8.17.